The molecule has 4 aromatic rings. The van der Waals surface area contributed by atoms with E-state index in [1.54, 1.807) is 24.3 Å². The number of thiazole rings is 1. The molecular formula is C22H18N4O5S. The molecule has 1 fully saturated rings. The monoisotopic (exact) mass is 450 g/mol. The van der Waals surface area contributed by atoms with Gasteiger partial charge in [0.15, 0.2) is 10.9 Å². The van der Waals surface area contributed by atoms with Gasteiger partial charge in [0.2, 0.25) is 0 Å². The molecule has 5 rings (SSSR count). The molecule has 1 amide bonds. The number of aromatic nitrogens is 1. The van der Waals surface area contributed by atoms with Crippen LogP contribution in [0.5, 0.6) is 0 Å². The van der Waals surface area contributed by atoms with Crippen LogP contribution in [0.1, 0.15) is 10.6 Å². The summed E-state index contributed by atoms with van der Waals surface area (Å²) in [6.07, 6.45) is 0. The highest BCUT2D eigenvalue weighted by molar-refractivity contribution is 7.22. The Hall–Kier alpha value is -3.76. The number of morpholine rings is 1. The number of nitrogens with zero attached hydrogens (tertiary/aromatic N) is 3. The number of nitrogens with one attached hydrogen (secondary N) is 1. The van der Waals surface area contributed by atoms with Gasteiger partial charge in [0, 0.05) is 24.8 Å². The van der Waals surface area contributed by atoms with Gasteiger partial charge in [-0.2, -0.15) is 0 Å². The minimum absolute atomic E-state index is 0.0476. The summed E-state index contributed by atoms with van der Waals surface area (Å²) in [6.45, 7) is 3.10. The van der Waals surface area contributed by atoms with E-state index in [0.717, 1.165) is 29.0 Å². The first-order valence-corrected chi connectivity index (χ1v) is 10.8. The number of amides is 1. The molecule has 1 aliphatic heterocycles. The van der Waals surface area contributed by atoms with Crippen LogP contribution < -0.4 is 10.2 Å². The number of benzene rings is 2. The van der Waals surface area contributed by atoms with Crippen molar-refractivity contribution in [3.63, 3.8) is 0 Å². The summed E-state index contributed by atoms with van der Waals surface area (Å²) in [7, 11) is 0. The van der Waals surface area contributed by atoms with E-state index in [2.05, 4.69) is 21.3 Å². The molecule has 1 saturated heterocycles. The molecule has 2 aromatic heterocycles. The van der Waals surface area contributed by atoms with Crippen LogP contribution in [0.2, 0.25) is 0 Å². The Bertz CT molecular complexity index is 1310. The van der Waals surface area contributed by atoms with Crippen LogP contribution in [0.15, 0.2) is 59.0 Å². The van der Waals surface area contributed by atoms with Crippen molar-refractivity contribution in [2.75, 3.05) is 36.5 Å². The highest BCUT2D eigenvalue weighted by Crippen LogP contribution is 2.32. The SMILES string of the molecule is O=C(Nc1nc2ccc(N3CCOCC3)cc2s1)c1ccc(-c2ccccc2[N+](=O)[O-])o1. The number of furan rings is 1. The normalized spacial score (nSPS) is 13.9. The van der Waals surface area contributed by atoms with Gasteiger partial charge in [-0.05, 0) is 36.4 Å². The van der Waals surface area contributed by atoms with Crippen molar-refractivity contribution in [3.8, 4) is 11.3 Å². The fraction of sp³-hybridized carbons (Fsp3) is 0.182. The second-order valence-electron chi connectivity index (χ2n) is 7.16. The van der Waals surface area contributed by atoms with E-state index in [1.807, 2.05) is 12.1 Å². The second-order valence-corrected chi connectivity index (χ2v) is 8.19. The smallest absolute Gasteiger partial charge is 0.293 e. The predicted molar refractivity (Wildman–Crippen MR) is 121 cm³/mol. The first kappa shape index (κ1) is 20.2. The lowest BCUT2D eigenvalue weighted by molar-refractivity contribution is -0.384. The van der Waals surface area contributed by atoms with Crippen molar-refractivity contribution in [1.82, 2.24) is 4.98 Å². The second kappa shape index (κ2) is 8.40. The first-order chi connectivity index (χ1) is 15.6. The summed E-state index contributed by atoms with van der Waals surface area (Å²) in [5, 5.41) is 14.5. The molecule has 0 spiro atoms. The molecule has 9 nitrogen and oxygen atoms in total. The maximum Gasteiger partial charge on any atom is 0.293 e. The van der Waals surface area contributed by atoms with Crippen molar-refractivity contribution in [3.05, 3.63) is 70.5 Å². The van der Waals surface area contributed by atoms with Gasteiger partial charge in [0.25, 0.3) is 11.6 Å². The number of anilines is 2. The molecule has 10 heteroatoms. The lowest BCUT2D eigenvalue weighted by Gasteiger charge is -2.28. The number of fused-ring (bicyclic) bond motifs is 1. The van der Waals surface area contributed by atoms with Crippen molar-refractivity contribution >= 4 is 44.0 Å². The Kier molecular flexibility index (Phi) is 5.29. The van der Waals surface area contributed by atoms with E-state index in [9.17, 15) is 14.9 Å². The zero-order valence-corrected chi connectivity index (χ0v) is 17.6. The van der Waals surface area contributed by atoms with Gasteiger partial charge in [-0.1, -0.05) is 23.5 Å². The summed E-state index contributed by atoms with van der Waals surface area (Å²) in [5.41, 5.74) is 2.12. The van der Waals surface area contributed by atoms with Crippen LogP contribution in [0, 0.1) is 10.1 Å². The third kappa shape index (κ3) is 3.93. The number of ether oxygens (including phenoxy) is 1. The van der Waals surface area contributed by atoms with Crippen molar-refractivity contribution in [2.24, 2.45) is 0 Å². The topological polar surface area (TPSA) is 111 Å². The van der Waals surface area contributed by atoms with Gasteiger partial charge in [-0.15, -0.1) is 0 Å². The summed E-state index contributed by atoms with van der Waals surface area (Å²) in [6, 6.07) is 15.3. The van der Waals surface area contributed by atoms with E-state index in [4.69, 9.17) is 9.15 Å². The summed E-state index contributed by atoms with van der Waals surface area (Å²) < 4.78 is 12.0. The molecule has 0 atom stereocenters. The summed E-state index contributed by atoms with van der Waals surface area (Å²) in [4.78, 5) is 30.2. The molecule has 1 N–H and O–H groups in total. The molecule has 0 bridgehead atoms. The quantitative estimate of drug-likeness (QED) is 0.351. The molecule has 162 valence electrons. The van der Waals surface area contributed by atoms with Crippen molar-refractivity contribution in [2.45, 2.75) is 0 Å². The fourth-order valence-electron chi connectivity index (χ4n) is 3.59. The van der Waals surface area contributed by atoms with Gasteiger partial charge in [0.1, 0.15) is 5.76 Å². The number of carbonyl (C=O) groups is 1. The van der Waals surface area contributed by atoms with Crippen LogP contribution in [0.25, 0.3) is 21.5 Å². The highest BCUT2D eigenvalue weighted by atomic mass is 32.1. The Balaban J connectivity index is 1.35. The zero-order chi connectivity index (χ0) is 22.1. The van der Waals surface area contributed by atoms with Gasteiger partial charge in [-0.25, -0.2) is 4.98 Å². The molecule has 0 saturated carbocycles. The first-order valence-electron chi connectivity index (χ1n) is 9.97. The number of carbonyl (C=O) groups excluding carboxylic acids is 1. The molecule has 2 aromatic carbocycles. The lowest BCUT2D eigenvalue weighted by Crippen LogP contribution is -2.36. The van der Waals surface area contributed by atoms with Crippen LogP contribution in [0.4, 0.5) is 16.5 Å². The molecular weight excluding hydrogens is 432 g/mol. The van der Waals surface area contributed by atoms with E-state index in [0.29, 0.717) is 23.9 Å². The van der Waals surface area contributed by atoms with E-state index >= 15 is 0 Å². The van der Waals surface area contributed by atoms with Crippen LogP contribution in [-0.2, 0) is 4.74 Å². The minimum atomic E-state index is -0.482. The number of nitro groups is 1. The molecule has 3 heterocycles. The number of hydrogen-bond acceptors (Lipinski definition) is 8. The summed E-state index contributed by atoms with van der Waals surface area (Å²) in [5.74, 6) is -0.171. The van der Waals surface area contributed by atoms with E-state index in [-0.39, 0.29) is 17.2 Å². The predicted octanol–water partition coefficient (Wildman–Crippen LogP) is 4.55. The molecule has 0 radical (unpaired) electrons. The fourth-order valence-corrected chi connectivity index (χ4v) is 4.48. The number of rotatable bonds is 5. The Labute approximate surface area is 186 Å². The number of hydrogen-bond donors (Lipinski definition) is 1. The largest absolute Gasteiger partial charge is 0.451 e. The molecule has 0 aliphatic carbocycles. The Morgan fingerprint density at radius 2 is 1.94 bits per heavy atom. The van der Waals surface area contributed by atoms with E-state index in [1.165, 1.54) is 23.5 Å². The van der Waals surface area contributed by atoms with Crippen LogP contribution >= 0.6 is 11.3 Å². The van der Waals surface area contributed by atoms with Gasteiger partial charge >= 0.3 is 0 Å². The highest BCUT2D eigenvalue weighted by Gasteiger charge is 2.20. The van der Waals surface area contributed by atoms with Crippen molar-refractivity contribution in [1.29, 1.82) is 0 Å². The van der Waals surface area contributed by atoms with Gasteiger partial charge < -0.3 is 14.1 Å². The minimum Gasteiger partial charge on any atom is -0.451 e. The molecule has 32 heavy (non-hydrogen) atoms. The van der Waals surface area contributed by atoms with Crippen LogP contribution in [-0.4, -0.2) is 42.1 Å². The average Bonchev–Trinajstić information content (AvgIpc) is 3.46. The third-order valence-corrected chi connectivity index (χ3v) is 6.10. The maximum atomic E-state index is 12.7. The molecule has 0 unspecified atom stereocenters. The Morgan fingerprint density at radius 3 is 2.75 bits per heavy atom. The maximum absolute atomic E-state index is 12.7. The van der Waals surface area contributed by atoms with Gasteiger partial charge in [0.05, 0.1) is 33.9 Å². The van der Waals surface area contributed by atoms with Crippen molar-refractivity contribution < 1.29 is 18.9 Å². The molecule has 1 aliphatic rings. The summed E-state index contributed by atoms with van der Waals surface area (Å²) >= 11 is 1.38. The van der Waals surface area contributed by atoms with Gasteiger partial charge in [-0.3, -0.25) is 20.2 Å². The number of para-hydroxylation sites is 1. The van der Waals surface area contributed by atoms with Crippen LogP contribution in [0.3, 0.4) is 0 Å². The average molecular weight is 450 g/mol. The standard InChI is InChI=1S/C22H18N4O5S/c27-21(19-8-7-18(31-19)15-3-1-2-4-17(15)26(28)29)24-22-23-16-6-5-14(13-20(16)32-22)25-9-11-30-12-10-25/h1-8,13H,9-12H2,(H,23,24,27). The Morgan fingerprint density at radius 1 is 1.12 bits per heavy atom. The van der Waals surface area contributed by atoms with E-state index < -0.39 is 10.8 Å². The third-order valence-electron chi connectivity index (χ3n) is 5.16. The number of nitro benzene ring substituents is 1. The zero-order valence-electron chi connectivity index (χ0n) is 16.8. The lowest BCUT2D eigenvalue weighted by atomic mass is 10.1.